The molecule has 120 valence electrons. The van der Waals surface area contributed by atoms with Crippen molar-refractivity contribution >= 4 is 0 Å². The number of benzene rings is 2. The Labute approximate surface area is 151 Å². The maximum Gasteiger partial charge on any atom is 0.115 e. The monoisotopic (exact) mass is 411 g/mol. The summed E-state index contributed by atoms with van der Waals surface area (Å²) in [5, 5.41) is 11.4. The van der Waals surface area contributed by atoms with Gasteiger partial charge in [-0.2, -0.15) is 0 Å². The van der Waals surface area contributed by atoms with Gasteiger partial charge in [-0.25, -0.2) is 0 Å². The lowest BCUT2D eigenvalue weighted by Gasteiger charge is -2.31. The molecule has 0 radical (unpaired) electrons. The summed E-state index contributed by atoms with van der Waals surface area (Å²) in [5.74, 6) is 0. The van der Waals surface area contributed by atoms with Crippen molar-refractivity contribution in [3.8, 4) is 0 Å². The molecule has 2 aromatic rings. The second-order valence-corrected chi connectivity index (χ2v) is 6.11. The summed E-state index contributed by atoms with van der Waals surface area (Å²) in [4.78, 5) is 1.42. The average molecular weight is 411 g/mol. The summed E-state index contributed by atoms with van der Waals surface area (Å²) < 4.78 is 0. The Morgan fingerprint density at radius 3 is 1.68 bits per heavy atom. The second kappa shape index (κ2) is 8.65. The Morgan fingerprint density at radius 1 is 0.909 bits per heavy atom. The number of quaternary nitrogens is 1. The summed E-state index contributed by atoms with van der Waals surface area (Å²) in [6, 6.07) is 20.5. The van der Waals surface area contributed by atoms with Crippen molar-refractivity contribution in [2.75, 3.05) is 14.1 Å². The first-order valence-corrected chi connectivity index (χ1v) is 7.67. The summed E-state index contributed by atoms with van der Waals surface area (Å²) in [7, 11) is 4.32. The zero-order valence-electron chi connectivity index (χ0n) is 13.6. The molecule has 3 heteroatoms. The predicted octanol–water partition coefficient (Wildman–Crippen LogP) is -0.760. The van der Waals surface area contributed by atoms with Crippen molar-refractivity contribution in [3.05, 3.63) is 71.8 Å². The van der Waals surface area contributed by atoms with Crippen LogP contribution in [0.4, 0.5) is 0 Å². The van der Waals surface area contributed by atoms with Crippen LogP contribution >= 0.6 is 0 Å². The second-order valence-electron chi connectivity index (χ2n) is 6.11. The van der Waals surface area contributed by atoms with Gasteiger partial charge in [0.2, 0.25) is 0 Å². The molecule has 0 saturated heterocycles. The Kier molecular flexibility index (Phi) is 7.53. The van der Waals surface area contributed by atoms with Crippen LogP contribution in [0.5, 0.6) is 0 Å². The normalized spacial score (nSPS) is 12.8. The van der Waals surface area contributed by atoms with E-state index in [1.807, 2.05) is 60.7 Å². The molecule has 2 N–H and O–H groups in total. The van der Waals surface area contributed by atoms with Crippen molar-refractivity contribution in [3.63, 3.8) is 0 Å². The van der Waals surface area contributed by atoms with E-state index >= 15 is 0 Å². The van der Waals surface area contributed by atoms with Crippen LogP contribution in [-0.4, -0.2) is 25.2 Å². The van der Waals surface area contributed by atoms with E-state index in [0.717, 1.165) is 24.0 Å². The molecule has 22 heavy (non-hydrogen) atoms. The molecule has 0 aromatic heterocycles. The Balaban J connectivity index is 0.00000242. The number of halogens is 1. The number of rotatable bonds is 6. The highest BCUT2D eigenvalue weighted by atomic mass is 127. The zero-order valence-corrected chi connectivity index (χ0v) is 15.7. The number of hydrogen-bond donors (Lipinski definition) is 2. The van der Waals surface area contributed by atoms with Gasteiger partial charge in [0.15, 0.2) is 0 Å². The average Bonchev–Trinajstić information content (AvgIpc) is 2.53. The third-order valence-electron chi connectivity index (χ3n) is 4.43. The van der Waals surface area contributed by atoms with Crippen molar-refractivity contribution < 1.29 is 34.0 Å². The maximum absolute atomic E-state index is 11.4. The van der Waals surface area contributed by atoms with Gasteiger partial charge in [-0.1, -0.05) is 60.7 Å². The minimum Gasteiger partial charge on any atom is -1.00 e. The number of aliphatic hydroxyl groups is 1. The van der Waals surface area contributed by atoms with Gasteiger partial charge in [-0.3, -0.25) is 0 Å². The van der Waals surface area contributed by atoms with E-state index in [-0.39, 0.29) is 24.0 Å². The van der Waals surface area contributed by atoms with Gasteiger partial charge in [0, 0.05) is 6.42 Å². The van der Waals surface area contributed by atoms with Gasteiger partial charge < -0.3 is 34.0 Å². The fourth-order valence-electron chi connectivity index (χ4n) is 2.60. The molecule has 2 aromatic carbocycles. The van der Waals surface area contributed by atoms with Crippen molar-refractivity contribution in [2.45, 2.75) is 31.4 Å². The highest BCUT2D eigenvalue weighted by Gasteiger charge is 2.32. The number of hydrogen-bond acceptors (Lipinski definition) is 1. The standard InChI is InChI=1S/C19H25NO.HI/c1-16(20(2)3)14-15-19(21,17-10-6-4-7-11-17)18-12-8-5-9-13-18;/h4-13,16,21H,14-15H2,1-3H3;1H. The molecule has 0 saturated carbocycles. The van der Waals surface area contributed by atoms with E-state index in [2.05, 4.69) is 21.0 Å². The van der Waals surface area contributed by atoms with Crippen LogP contribution < -0.4 is 28.9 Å². The molecule has 1 unspecified atom stereocenters. The molecule has 0 amide bonds. The predicted molar refractivity (Wildman–Crippen MR) is 87.4 cm³/mol. The third kappa shape index (κ3) is 4.54. The highest BCUT2D eigenvalue weighted by molar-refractivity contribution is 5.35. The molecule has 0 spiro atoms. The molecular weight excluding hydrogens is 385 g/mol. The lowest BCUT2D eigenvalue weighted by atomic mass is 9.82. The molecule has 1 atom stereocenters. The summed E-state index contributed by atoms with van der Waals surface area (Å²) in [6.07, 6.45) is 1.70. The molecule has 0 fully saturated rings. The largest absolute Gasteiger partial charge is 1.00 e. The first kappa shape index (κ1) is 19.1. The smallest absolute Gasteiger partial charge is 0.115 e. The SMILES string of the molecule is CC(CCC(O)(c1ccccc1)c1ccccc1)[NH+](C)C.[I-]. The highest BCUT2D eigenvalue weighted by Crippen LogP contribution is 2.34. The molecule has 2 rings (SSSR count). The van der Waals surface area contributed by atoms with Gasteiger partial charge >= 0.3 is 0 Å². The molecule has 0 bridgehead atoms. The third-order valence-corrected chi connectivity index (χ3v) is 4.43. The summed E-state index contributed by atoms with van der Waals surface area (Å²) in [5.41, 5.74) is 1.03. The fraction of sp³-hybridized carbons (Fsp3) is 0.368. The fourth-order valence-corrected chi connectivity index (χ4v) is 2.60. The molecule has 0 heterocycles. The zero-order chi connectivity index (χ0) is 15.3. The first-order valence-electron chi connectivity index (χ1n) is 7.67. The van der Waals surface area contributed by atoms with E-state index in [9.17, 15) is 5.11 Å². The van der Waals surface area contributed by atoms with Gasteiger partial charge in [0.05, 0.1) is 20.1 Å². The molecule has 0 aliphatic heterocycles. The van der Waals surface area contributed by atoms with E-state index in [0.29, 0.717) is 6.04 Å². The van der Waals surface area contributed by atoms with Crippen LogP contribution in [-0.2, 0) is 5.60 Å². The minimum atomic E-state index is -0.910. The van der Waals surface area contributed by atoms with Crippen LogP contribution in [0, 0.1) is 0 Å². The van der Waals surface area contributed by atoms with Crippen LogP contribution in [0.1, 0.15) is 30.9 Å². The van der Waals surface area contributed by atoms with Crippen LogP contribution in [0.3, 0.4) is 0 Å². The van der Waals surface area contributed by atoms with Gasteiger partial charge in [-0.05, 0) is 24.5 Å². The molecule has 0 aliphatic carbocycles. The van der Waals surface area contributed by atoms with E-state index < -0.39 is 5.60 Å². The molecule has 0 aliphatic rings. The topological polar surface area (TPSA) is 24.7 Å². The van der Waals surface area contributed by atoms with Crippen LogP contribution in [0.15, 0.2) is 60.7 Å². The number of nitrogens with one attached hydrogen (secondary N) is 1. The molecular formula is C19H26INO. The lowest BCUT2D eigenvalue weighted by Crippen LogP contribution is -3.09. The van der Waals surface area contributed by atoms with Crippen molar-refractivity contribution in [2.24, 2.45) is 0 Å². The Hall–Kier alpha value is -0.910. The van der Waals surface area contributed by atoms with Gasteiger partial charge in [-0.15, -0.1) is 0 Å². The lowest BCUT2D eigenvalue weighted by molar-refractivity contribution is -0.884. The first-order chi connectivity index (χ1) is 10.0. The van der Waals surface area contributed by atoms with Crippen molar-refractivity contribution in [1.29, 1.82) is 0 Å². The van der Waals surface area contributed by atoms with Crippen molar-refractivity contribution in [1.82, 2.24) is 0 Å². The van der Waals surface area contributed by atoms with E-state index in [1.165, 1.54) is 4.90 Å². The summed E-state index contributed by atoms with van der Waals surface area (Å²) in [6.45, 7) is 2.23. The van der Waals surface area contributed by atoms with Crippen LogP contribution in [0.2, 0.25) is 0 Å². The Morgan fingerprint density at radius 2 is 1.32 bits per heavy atom. The quantitative estimate of drug-likeness (QED) is 0.601. The Bertz CT molecular complexity index is 502. The summed E-state index contributed by atoms with van der Waals surface area (Å²) >= 11 is 0. The van der Waals surface area contributed by atoms with E-state index in [4.69, 9.17) is 0 Å². The van der Waals surface area contributed by atoms with Gasteiger partial charge in [0.25, 0.3) is 0 Å². The minimum absolute atomic E-state index is 0. The molecule has 2 nitrogen and oxygen atoms in total. The van der Waals surface area contributed by atoms with E-state index in [1.54, 1.807) is 0 Å². The van der Waals surface area contributed by atoms with Gasteiger partial charge in [0.1, 0.15) is 5.60 Å². The van der Waals surface area contributed by atoms with Crippen LogP contribution in [0.25, 0.3) is 0 Å². The maximum atomic E-state index is 11.4.